The van der Waals surface area contributed by atoms with Crippen LogP contribution in [0.4, 0.5) is 11.4 Å². The van der Waals surface area contributed by atoms with E-state index in [4.69, 9.17) is 4.74 Å². The molecule has 0 unspecified atom stereocenters. The molecule has 4 aromatic carbocycles. The number of fused-ring (bicyclic) bond motifs is 1. The summed E-state index contributed by atoms with van der Waals surface area (Å²) in [5, 5.41) is 25.3. The van der Waals surface area contributed by atoms with Gasteiger partial charge in [-0.1, -0.05) is 60.7 Å². The van der Waals surface area contributed by atoms with Gasteiger partial charge >= 0.3 is 0 Å². The highest BCUT2D eigenvalue weighted by Gasteiger charge is 2.17. The fourth-order valence-electron chi connectivity index (χ4n) is 3.54. The molecular weight excluding hydrogens is 510 g/mol. The number of nitriles is 1. The number of carbonyl (C=O) groups is 1. The molecule has 1 N–H and O–H groups in total. The molecule has 1 amide bonds. The van der Waals surface area contributed by atoms with Crippen LogP contribution in [0.1, 0.15) is 11.1 Å². The number of hydrogen-bond acceptors (Lipinski definition) is 5. The van der Waals surface area contributed by atoms with Crippen LogP contribution in [-0.4, -0.2) is 10.8 Å². The Morgan fingerprint density at radius 3 is 2.57 bits per heavy atom. The summed E-state index contributed by atoms with van der Waals surface area (Å²) in [4.78, 5) is 23.2. The van der Waals surface area contributed by atoms with Gasteiger partial charge in [-0.15, -0.1) is 0 Å². The van der Waals surface area contributed by atoms with Gasteiger partial charge in [-0.2, -0.15) is 5.26 Å². The molecule has 0 aromatic heterocycles. The van der Waals surface area contributed by atoms with E-state index in [1.165, 1.54) is 24.3 Å². The summed E-state index contributed by atoms with van der Waals surface area (Å²) in [7, 11) is 0. The molecule has 172 valence electrons. The van der Waals surface area contributed by atoms with Crippen LogP contribution in [0.5, 0.6) is 5.75 Å². The standard InChI is InChI=1S/C27H18BrN3O4/c28-23-15-18(14-21(16-29)27(32)30-24-10-3-4-11-25(24)31(33)34)12-13-26(23)35-17-20-8-5-7-19-6-1-2-9-22(19)20/h1-15H,17H2,(H,30,32)/b21-14-. The molecule has 0 aliphatic heterocycles. The Labute approximate surface area is 209 Å². The van der Waals surface area contributed by atoms with E-state index in [1.54, 1.807) is 24.3 Å². The van der Waals surface area contributed by atoms with E-state index in [9.17, 15) is 20.2 Å². The quantitative estimate of drug-likeness (QED) is 0.125. The lowest BCUT2D eigenvalue weighted by Crippen LogP contribution is -2.14. The largest absolute Gasteiger partial charge is 0.488 e. The van der Waals surface area contributed by atoms with Gasteiger partial charge in [0.1, 0.15) is 29.7 Å². The number of para-hydroxylation sites is 2. The molecule has 35 heavy (non-hydrogen) atoms. The number of ether oxygens (including phenoxy) is 1. The molecule has 0 aliphatic carbocycles. The summed E-state index contributed by atoms with van der Waals surface area (Å²) in [5.41, 5.74) is 1.20. The van der Waals surface area contributed by atoms with E-state index < -0.39 is 10.8 Å². The van der Waals surface area contributed by atoms with Crippen molar-refractivity contribution in [2.75, 3.05) is 5.32 Å². The van der Waals surface area contributed by atoms with Gasteiger partial charge in [0.2, 0.25) is 0 Å². The molecular formula is C27H18BrN3O4. The van der Waals surface area contributed by atoms with Crippen molar-refractivity contribution in [1.29, 1.82) is 5.26 Å². The molecule has 0 atom stereocenters. The van der Waals surface area contributed by atoms with Crippen LogP contribution >= 0.6 is 15.9 Å². The first-order chi connectivity index (χ1) is 17.0. The van der Waals surface area contributed by atoms with Gasteiger partial charge in [0.15, 0.2) is 0 Å². The fraction of sp³-hybridized carbons (Fsp3) is 0.0370. The first-order valence-corrected chi connectivity index (χ1v) is 11.3. The topological polar surface area (TPSA) is 105 Å². The van der Waals surface area contributed by atoms with E-state index in [0.29, 0.717) is 22.4 Å². The smallest absolute Gasteiger partial charge is 0.292 e. The summed E-state index contributed by atoms with van der Waals surface area (Å²) in [5.74, 6) is -0.132. The maximum atomic E-state index is 12.6. The minimum atomic E-state index is -0.741. The molecule has 4 aromatic rings. The molecule has 0 heterocycles. The fourth-order valence-corrected chi connectivity index (χ4v) is 4.05. The van der Waals surface area contributed by atoms with Crippen LogP contribution in [0.25, 0.3) is 16.8 Å². The number of amides is 1. The van der Waals surface area contributed by atoms with Crippen molar-refractivity contribution in [1.82, 2.24) is 0 Å². The third-order valence-corrected chi connectivity index (χ3v) is 5.86. The zero-order valence-corrected chi connectivity index (χ0v) is 19.9. The number of nitrogens with zero attached hydrogens (tertiary/aromatic N) is 2. The predicted octanol–water partition coefficient (Wildman–Crippen LogP) is 6.64. The van der Waals surface area contributed by atoms with Gasteiger partial charge in [0.05, 0.1) is 9.40 Å². The molecule has 4 rings (SSSR count). The average Bonchev–Trinajstić information content (AvgIpc) is 2.87. The molecule has 8 heteroatoms. The van der Waals surface area contributed by atoms with Gasteiger partial charge in [-0.3, -0.25) is 14.9 Å². The van der Waals surface area contributed by atoms with E-state index >= 15 is 0 Å². The number of anilines is 1. The third kappa shape index (κ3) is 5.54. The summed E-state index contributed by atoms with van der Waals surface area (Å²) < 4.78 is 6.66. The van der Waals surface area contributed by atoms with Crippen LogP contribution in [0.3, 0.4) is 0 Å². The molecule has 0 radical (unpaired) electrons. The molecule has 7 nitrogen and oxygen atoms in total. The molecule has 0 bridgehead atoms. The first-order valence-electron chi connectivity index (χ1n) is 10.5. The minimum absolute atomic E-state index is 0.0158. The van der Waals surface area contributed by atoms with Crippen molar-refractivity contribution in [2.24, 2.45) is 0 Å². The number of nitrogens with one attached hydrogen (secondary N) is 1. The number of rotatable bonds is 7. The Balaban J connectivity index is 1.50. The van der Waals surface area contributed by atoms with Gasteiger partial charge in [-0.25, -0.2) is 0 Å². The monoisotopic (exact) mass is 527 g/mol. The lowest BCUT2D eigenvalue weighted by Gasteiger charge is -2.11. The molecule has 0 fully saturated rings. The Bertz CT molecular complexity index is 1500. The van der Waals surface area contributed by atoms with Crippen molar-refractivity contribution in [3.05, 3.63) is 116 Å². The van der Waals surface area contributed by atoms with Crippen molar-refractivity contribution < 1.29 is 14.5 Å². The zero-order valence-electron chi connectivity index (χ0n) is 18.3. The molecule has 0 saturated heterocycles. The van der Waals surface area contributed by atoms with Gasteiger partial charge in [-0.05, 0) is 62.1 Å². The SMILES string of the molecule is N#C/C(=C/c1ccc(OCc2cccc3ccccc23)c(Br)c1)C(=O)Nc1ccccc1[N+](=O)[O-]. The highest BCUT2D eigenvalue weighted by Crippen LogP contribution is 2.29. The predicted molar refractivity (Wildman–Crippen MR) is 138 cm³/mol. The minimum Gasteiger partial charge on any atom is -0.488 e. The lowest BCUT2D eigenvalue weighted by molar-refractivity contribution is -0.383. The van der Waals surface area contributed by atoms with Crippen LogP contribution in [0, 0.1) is 21.4 Å². The molecule has 0 saturated carbocycles. The summed E-state index contributed by atoms with van der Waals surface area (Å²) in [6, 6.07) is 26.9. The molecule has 0 aliphatic rings. The van der Waals surface area contributed by atoms with E-state index in [0.717, 1.165) is 16.3 Å². The van der Waals surface area contributed by atoms with Crippen molar-refractivity contribution in [3.63, 3.8) is 0 Å². The Morgan fingerprint density at radius 1 is 1.06 bits per heavy atom. The maximum absolute atomic E-state index is 12.6. The van der Waals surface area contributed by atoms with Crippen LogP contribution in [-0.2, 0) is 11.4 Å². The summed E-state index contributed by atoms with van der Waals surface area (Å²) >= 11 is 3.49. The molecule has 0 spiro atoms. The second-order valence-corrected chi connectivity index (χ2v) is 8.37. The van der Waals surface area contributed by atoms with Gasteiger partial charge in [0.25, 0.3) is 11.6 Å². The summed E-state index contributed by atoms with van der Waals surface area (Å²) in [6.07, 6.45) is 1.41. The number of nitro benzene ring substituents is 1. The highest BCUT2D eigenvalue weighted by atomic mass is 79.9. The van der Waals surface area contributed by atoms with Crippen LogP contribution < -0.4 is 10.1 Å². The van der Waals surface area contributed by atoms with Crippen molar-refractivity contribution in [3.8, 4) is 11.8 Å². The maximum Gasteiger partial charge on any atom is 0.292 e. The third-order valence-electron chi connectivity index (χ3n) is 5.24. The number of nitro groups is 1. The number of hydrogen-bond donors (Lipinski definition) is 1. The number of benzene rings is 4. The lowest BCUT2D eigenvalue weighted by atomic mass is 10.1. The number of carbonyl (C=O) groups excluding carboxylic acids is 1. The number of halogens is 1. The summed E-state index contributed by atoms with van der Waals surface area (Å²) in [6.45, 7) is 0.372. The average molecular weight is 528 g/mol. The highest BCUT2D eigenvalue weighted by molar-refractivity contribution is 9.10. The Kier molecular flexibility index (Phi) is 7.19. The second-order valence-electron chi connectivity index (χ2n) is 7.52. The van der Waals surface area contributed by atoms with Crippen LogP contribution in [0.2, 0.25) is 0 Å². The Hall–Kier alpha value is -4.48. The van der Waals surface area contributed by atoms with Crippen molar-refractivity contribution in [2.45, 2.75) is 6.61 Å². The van der Waals surface area contributed by atoms with Gasteiger partial charge in [0, 0.05) is 6.07 Å². The van der Waals surface area contributed by atoms with E-state index in [-0.39, 0.29) is 16.9 Å². The Morgan fingerprint density at radius 2 is 1.80 bits per heavy atom. The van der Waals surface area contributed by atoms with E-state index in [2.05, 4.69) is 39.4 Å². The second kappa shape index (κ2) is 10.6. The first kappa shape index (κ1) is 23.7. The van der Waals surface area contributed by atoms with Gasteiger partial charge < -0.3 is 10.1 Å². The zero-order chi connectivity index (χ0) is 24.8. The van der Waals surface area contributed by atoms with E-state index in [1.807, 2.05) is 30.3 Å². The van der Waals surface area contributed by atoms with Crippen molar-refractivity contribution >= 4 is 50.1 Å². The normalized spacial score (nSPS) is 11.0. The van der Waals surface area contributed by atoms with Crippen LogP contribution in [0.15, 0.2) is 95.0 Å².